The number of benzene rings is 2. The molecule has 0 saturated heterocycles. The van der Waals surface area contributed by atoms with Gasteiger partial charge in [-0.1, -0.05) is 12.1 Å². The number of hydrogen-bond donors (Lipinski definition) is 1. The summed E-state index contributed by atoms with van der Waals surface area (Å²) in [5, 5.41) is 12.4. The summed E-state index contributed by atoms with van der Waals surface area (Å²) in [6, 6.07) is 8.90. The van der Waals surface area contributed by atoms with Gasteiger partial charge in [-0.05, 0) is 29.8 Å². The summed E-state index contributed by atoms with van der Waals surface area (Å²) >= 11 is 0. The molecule has 0 saturated carbocycles. The van der Waals surface area contributed by atoms with E-state index in [0.29, 0.717) is 35.5 Å². The van der Waals surface area contributed by atoms with Crippen molar-refractivity contribution in [2.45, 2.75) is 23.4 Å². The highest BCUT2D eigenvalue weighted by Gasteiger charge is 2.46. The van der Waals surface area contributed by atoms with Crippen molar-refractivity contribution in [2.75, 3.05) is 11.9 Å². The van der Waals surface area contributed by atoms with Gasteiger partial charge in [0.15, 0.2) is 11.3 Å². The molecule has 0 radical (unpaired) electrons. The molecule has 2 aromatic heterocycles. The van der Waals surface area contributed by atoms with Crippen LogP contribution < -0.4 is 10.1 Å². The van der Waals surface area contributed by atoms with Crippen LogP contribution in [0.3, 0.4) is 0 Å². The van der Waals surface area contributed by atoms with Gasteiger partial charge in [0.25, 0.3) is 9.84 Å². The van der Waals surface area contributed by atoms with Gasteiger partial charge in [0.05, 0.1) is 17.7 Å². The zero-order valence-electron chi connectivity index (χ0n) is 18.2. The van der Waals surface area contributed by atoms with Crippen molar-refractivity contribution in [3.63, 3.8) is 0 Å². The van der Waals surface area contributed by atoms with Crippen LogP contribution in [0.2, 0.25) is 0 Å². The number of nitrogens with one attached hydrogen (secondary N) is 1. The minimum atomic E-state index is -5.50. The van der Waals surface area contributed by atoms with Crippen LogP contribution in [0.25, 0.3) is 16.8 Å². The minimum Gasteiger partial charge on any atom is -0.493 e. The van der Waals surface area contributed by atoms with E-state index in [1.54, 1.807) is 6.07 Å². The molecule has 36 heavy (non-hydrogen) atoms. The summed E-state index contributed by atoms with van der Waals surface area (Å²) in [4.78, 5) is 7.67. The SMILES string of the molecule is N#Cc1cn2c(NCc3c(F)ccc4c3CCO4)ncc(-c3ccc(S(=O)(=O)C(F)(F)F)cc3)c2n1. The number of halogens is 4. The van der Waals surface area contributed by atoms with Crippen molar-refractivity contribution in [1.82, 2.24) is 14.4 Å². The van der Waals surface area contributed by atoms with Gasteiger partial charge in [-0.25, -0.2) is 22.8 Å². The highest BCUT2D eigenvalue weighted by Crippen LogP contribution is 2.33. The van der Waals surface area contributed by atoms with Gasteiger partial charge in [-0.2, -0.15) is 18.4 Å². The Labute approximate surface area is 201 Å². The van der Waals surface area contributed by atoms with E-state index in [0.717, 1.165) is 17.7 Å². The number of alkyl halides is 3. The molecular formula is C23H15F4N5O3S. The largest absolute Gasteiger partial charge is 0.501 e. The summed E-state index contributed by atoms with van der Waals surface area (Å²) in [6.45, 7) is 0.531. The highest BCUT2D eigenvalue weighted by molar-refractivity contribution is 7.92. The third-order valence-corrected chi connectivity index (χ3v) is 7.25. The Morgan fingerprint density at radius 3 is 2.61 bits per heavy atom. The number of anilines is 1. The average molecular weight is 517 g/mol. The maximum Gasteiger partial charge on any atom is 0.501 e. The van der Waals surface area contributed by atoms with Crippen molar-refractivity contribution in [2.24, 2.45) is 0 Å². The molecule has 1 aliphatic rings. The van der Waals surface area contributed by atoms with Crippen LogP contribution in [0, 0.1) is 17.1 Å². The van der Waals surface area contributed by atoms with E-state index in [2.05, 4.69) is 15.3 Å². The van der Waals surface area contributed by atoms with E-state index in [4.69, 9.17) is 4.74 Å². The fourth-order valence-electron chi connectivity index (χ4n) is 3.99. The number of fused-ring (bicyclic) bond motifs is 2. The summed E-state index contributed by atoms with van der Waals surface area (Å²) < 4.78 is 83.3. The molecule has 3 heterocycles. The predicted molar refractivity (Wildman–Crippen MR) is 119 cm³/mol. The summed E-state index contributed by atoms with van der Waals surface area (Å²) in [6.07, 6.45) is 3.36. The van der Waals surface area contributed by atoms with E-state index >= 15 is 0 Å². The Balaban J connectivity index is 1.51. The lowest BCUT2D eigenvalue weighted by Gasteiger charge is -2.13. The zero-order valence-corrected chi connectivity index (χ0v) is 19.0. The molecule has 8 nitrogen and oxygen atoms in total. The second kappa shape index (κ2) is 8.49. The van der Waals surface area contributed by atoms with Gasteiger partial charge in [0.1, 0.15) is 17.6 Å². The van der Waals surface area contributed by atoms with E-state index in [1.165, 1.54) is 35.0 Å². The van der Waals surface area contributed by atoms with Crippen LogP contribution in [-0.4, -0.2) is 34.9 Å². The quantitative estimate of drug-likeness (QED) is 0.394. The number of ether oxygens (including phenoxy) is 1. The Bertz CT molecular complexity index is 1640. The number of aromatic nitrogens is 3. The standard InChI is InChI=1S/C23H15F4N5O3S/c24-19-5-6-20-16(7-8-35-20)18(19)11-30-22-29-10-17(21-31-14(9-28)12-32(21)22)13-1-3-15(4-2-13)36(33,34)23(25,26)27/h1-6,10,12H,7-8,11H2,(H,29,30). The molecular weight excluding hydrogens is 502 g/mol. The van der Waals surface area contributed by atoms with E-state index in [9.17, 15) is 31.2 Å². The highest BCUT2D eigenvalue weighted by atomic mass is 32.2. The molecule has 0 bridgehead atoms. The van der Waals surface area contributed by atoms with E-state index in [1.807, 2.05) is 6.07 Å². The Morgan fingerprint density at radius 1 is 1.17 bits per heavy atom. The van der Waals surface area contributed by atoms with Crippen LogP contribution in [-0.2, 0) is 22.8 Å². The molecule has 2 aromatic carbocycles. The average Bonchev–Trinajstić information content (AvgIpc) is 3.50. The lowest BCUT2D eigenvalue weighted by molar-refractivity contribution is -0.0436. The first-order chi connectivity index (χ1) is 17.1. The van der Waals surface area contributed by atoms with E-state index < -0.39 is 26.1 Å². The van der Waals surface area contributed by atoms with Crippen molar-refractivity contribution in [3.05, 3.63) is 71.4 Å². The molecule has 0 atom stereocenters. The Morgan fingerprint density at radius 2 is 1.92 bits per heavy atom. The van der Waals surface area contributed by atoms with E-state index in [-0.39, 0.29) is 23.8 Å². The molecule has 0 aliphatic carbocycles. The molecule has 0 amide bonds. The molecule has 0 spiro atoms. The number of hydrogen-bond acceptors (Lipinski definition) is 7. The first-order valence-corrected chi connectivity index (χ1v) is 12.0. The monoisotopic (exact) mass is 517 g/mol. The van der Waals surface area contributed by atoms with Crippen LogP contribution in [0.4, 0.5) is 23.5 Å². The minimum absolute atomic E-state index is 0.0451. The predicted octanol–water partition coefficient (Wildman–Crippen LogP) is 4.25. The second-order valence-electron chi connectivity index (χ2n) is 7.86. The van der Waals surface area contributed by atoms with Gasteiger partial charge in [0, 0.05) is 35.9 Å². The first-order valence-electron chi connectivity index (χ1n) is 10.5. The first kappa shape index (κ1) is 23.6. The van der Waals surface area contributed by atoms with Crippen molar-refractivity contribution in [3.8, 4) is 22.9 Å². The van der Waals surface area contributed by atoms with Gasteiger partial charge >= 0.3 is 5.51 Å². The smallest absolute Gasteiger partial charge is 0.493 e. The third kappa shape index (κ3) is 3.89. The number of rotatable bonds is 5. The zero-order chi connectivity index (χ0) is 25.7. The number of imidazole rings is 1. The van der Waals surface area contributed by atoms with Gasteiger partial charge in [-0.15, -0.1) is 0 Å². The molecule has 13 heteroatoms. The molecule has 0 fully saturated rings. The summed E-state index contributed by atoms with van der Waals surface area (Å²) in [7, 11) is -5.50. The Kier molecular flexibility index (Phi) is 5.55. The summed E-state index contributed by atoms with van der Waals surface area (Å²) in [5.74, 6) is 0.457. The number of nitriles is 1. The van der Waals surface area contributed by atoms with Crippen LogP contribution in [0.5, 0.6) is 5.75 Å². The van der Waals surface area contributed by atoms with Crippen LogP contribution in [0.1, 0.15) is 16.8 Å². The molecule has 184 valence electrons. The maximum atomic E-state index is 14.5. The fourth-order valence-corrected chi connectivity index (χ4v) is 4.75. The van der Waals surface area contributed by atoms with Gasteiger partial charge < -0.3 is 10.1 Å². The lowest BCUT2D eigenvalue weighted by Crippen LogP contribution is -2.23. The topological polar surface area (TPSA) is 109 Å². The lowest BCUT2D eigenvalue weighted by atomic mass is 10.0. The maximum absolute atomic E-state index is 14.5. The van der Waals surface area contributed by atoms with Crippen LogP contribution >= 0.6 is 0 Å². The third-order valence-electron chi connectivity index (χ3n) is 5.75. The van der Waals surface area contributed by atoms with Gasteiger partial charge in [0.2, 0.25) is 5.95 Å². The normalized spacial score (nSPS) is 13.3. The van der Waals surface area contributed by atoms with Crippen LogP contribution in [0.15, 0.2) is 53.7 Å². The van der Waals surface area contributed by atoms with Gasteiger partial charge in [-0.3, -0.25) is 4.40 Å². The number of sulfone groups is 1. The molecule has 1 N–H and O–H groups in total. The van der Waals surface area contributed by atoms with Crippen molar-refractivity contribution in [1.29, 1.82) is 5.26 Å². The van der Waals surface area contributed by atoms with Crippen molar-refractivity contribution < 1.29 is 30.7 Å². The van der Waals surface area contributed by atoms with Crippen molar-refractivity contribution >= 4 is 21.4 Å². The molecule has 5 rings (SSSR count). The second-order valence-corrected chi connectivity index (χ2v) is 9.80. The fraction of sp³-hybridized carbons (Fsp3) is 0.174. The Hall–Kier alpha value is -4.18. The molecule has 0 unspecified atom stereocenters. The summed E-state index contributed by atoms with van der Waals surface area (Å²) in [5.41, 5.74) is -3.27. The molecule has 4 aromatic rings. The number of nitrogens with zero attached hydrogens (tertiary/aromatic N) is 4. The molecule has 1 aliphatic heterocycles.